The number of aliphatic carboxylic acids is 1. The number of benzene rings is 1. The summed E-state index contributed by atoms with van der Waals surface area (Å²) in [4.78, 5) is 22.1. The molecule has 0 atom stereocenters. The zero-order valence-corrected chi connectivity index (χ0v) is 11.4. The van der Waals surface area contributed by atoms with Crippen molar-refractivity contribution in [1.29, 1.82) is 0 Å². The average molecular weight is 297 g/mol. The van der Waals surface area contributed by atoms with Crippen molar-refractivity contribution in [2.24, 2.45) is 0 Å². The van der Waals surface area contributed by atoms with Gasteiger partial charge in [-0.2, -0.15) is 0 Å². The molecule has 0 bridgehead atoms. The van der Waals surface area contributed by atoms with E-state index in [1.165, 1.54) is 6.26 Å². The van der Waals surface area contributed by atoms with Crippen LogP contribution in [0.3, 0.4) is 0 Å². The highest BCUT2D eigenvalue weighted by Crippen LogP contribution is 2.47. The number of nitrogens with zero attached hydrogens (tertiary/aromatic N) is 1. The van der Waals surface area contributed by atoms with Gasteiger partial charge in [-0.1, -0.05) is 30.3 Å². The number of hydrogen-bond donors (Lipinski definition) is 1. The first-order valence-electron chi connectivity index (χ1n) is 6.53. The van der Waals surface area contributed by atoms with Crippen LogP contribution in [0.4, 0.5) is 5.69 Å². The minimum absolute atomic E-state index is 0.0898. The smallest absolute Gasteiger partial charge is 0.308 e. The fourth-order valence-corrected chi connectivity index (χ4v) is 2.61. The second kappa shape index (κ2) is 5.33. The maximum atomic E-state index is 11.5. The second-order valence-corrected chi connectivity index (χ2v) is 4.75. The third-order valence-electron chi connectivity index (χ3n) is 3.41. The molecule has 1 aliphatic heterocycles. The average Bonchev–Trinajstić information content (AvgIpc) is 2.82. The zero-order chi connectivity index (χ0) is 15.7. The lowest BCUT2D eigenvalue weighted by atomic mass is 10.0. The number of carboxylic acid groups (broad SMARTS) is 1. The van der Waals surface area contributed by atoms with Crippen molar-refractivity contribution >= 4 is 11.7 Å². The van der Waals surface area contributed by atoms with E-state index in [-0.39, 0.29) is 17.0 Å². The number of hydrogen-bond acceptors (Lipinski definition) is 4. The van der Waals surface area contributed by atoms with Gasteiger partial charge < -0.3 is 9.52 Å². The molecular weight excluding hydrogens is 286 g/mol. The summed E-state index contributed by atoms with van der Waals surface area (Å²) >= 11 is 0. The second-order valence-electron chi connectivity index (χ2n) is 4.75. The van der Waals surface area contributed by atoms with Crippen molar-refractivity contribution in [3.05, 3.63) is 64.4 Å². The van der Waals surface area contributed by atoms with E-state index >= 15 is 0 Å². The lowest BCUT2D eigenvalue weighted by Gasteiger charge is -2.02. The first kappa shape index (κ1) is 13.8. The number of carbonyl (C=O) groups is 1. The van der Waals surface area contributed by atoms with Gasteiger partial charge >= 0.3 is 5.97 Å². The largest absolute Gasteiger partial charge is 0.481 e. The number of fused-ring (bicyclic) bond motifs is 1. The van der Waals surface area contributed by atoms with E-state index in [0.29, 0.717) is 16.7 Å². The molecule has 0 spiro atoms. The van der Waals surface area contributed by atoms with Crippen LogP contribution in [0.15, 0.2) is 53.1 Å². The van der Waals surface area contributed by atoms with Crippen molar-refractivity contribution in [2.45, 2.75) is 6.42 Å². The molecule has 3 rings (SSSR count). The molecule has 0 aromatic heterocycles. The van der Waals surface area contributed by atoms with E-state index in [2.05, 4.69) is 0 Å². The van der Waals surface area contributed by atoms with Gasteiger partial charge in [-0.15, -0.1) is 0 Å². The minimum Gasteiger partial charge on any atom is -0.481 e. The van der Waals surface area contributed by atoms with Gasteiger partial charge in [0.05, 0.1) is 28.7 Å². The van der Waals surface area contributed by atoms with E-state index in [9.17, 15) is 14.9 Å². The Bertz CT molecular complexity index is 822. The van der Waals surface area contributed by atoms with E-state index in [4.69, 9.17) is 9.52 Å². The van der Waals surface area contributed by atoms with Gasteiger partial charge in [0.2, 0.25) is 0 Å². The Balaban J connectivity index is 2.38. The maximum Gasteiger partial charge on any atom is 0.308 e. The minimum atomic E-state index is -1.14. The summed E-state index contributed by atoms with van der Waals surface area (Å²) in [6, 6.07) is 12.2. The fraction of sp³-hybridized carbons (Fsp3) is 0.0625. The van der Waals surface area contributed by atoms with Crippen LogP contribution in [0.5, 0.6) is 0 Å². The molecule has 0 saturated carbocycles. The van der Waals surface area contributed by atoms with Crippen LogP contribution in [0, 0.1) is 10.1 Å². The molecule has 6 heteroatoms. The van der Waals surface area contributed by atoms with Crippen LogP contribution in [-0.4, -0.2) is 16.0 Å². The van der Waals surface area contributed by atoms with Crippen molar-refractivity contribution in [3.8, 4) is 22.5 Å². The molecule has 2 aliphatic rings. The van der Waals surface area contributed by atoms with Crippen molar-refractivity contribution in [2.75, 3.05) is 0 Å². The van der Waals surface area contributed by atoms with Gasteiger partial charge in [0, 0.05) is 5.56 Å². The molecule has 1 N–H and O–H groups in total. The summed E-state index contributed by atoms with van der Waals surface area (Å²) in [5.41, 5.74) is 1.46. The summed E-state index contributed by atoms with van der Waals surface area (Å²) in [5.74, 6) is -0.899. The van der Waals surface area contributed by atoms with E-state index < -0.39 is 17.3 Å². The number of carboxylic acids is 1. The van der Waals surface area contributed by atoms with E-state index in [1.807, 2.05) is 6.07 Å². The molecule has 1 aromatic carbocycles. The monoisotopic (exact) mass is 297 g/mol. The quantitative estimate of drug-likeness (QED) is 0.586. The highest BCUT2D eigenvalue weighted by Gasteiger charge is 2.34. The van der Waals surface area contributed by atoms with Gasteiger partial charge in [0.15, 0.2) is 0 Å². The lowest BCUT2D eigenvalue weighted by Crippen LogP contribution is -2.02. The van der Waals surface area contributed by atoms with Crippen molar-refractivity contribution in [1.82, 2.24) is 0 Å². The van der Waals surface area contributed by atoms with E-state index in [0.717, 1.165) is 0 Å². The first-order valence-corrected chi connectivity index (χ1v) is 6.53. The number of nitro groups is 1. The fourth-order valence-electron chi connectivity index (χ4n) is 2.61. The Hall–Kier alpha value is -3.15. The molecule has 0 amide bonds. The topological polar surface area (TPSA) is 93.6 Å². The normalized spacial score (nSPS) is 10.7. The summed E-state index contributed by atoms with van der Waals surface area (Å²) in [7, 11) is 0. The van der Waals surface area contributed by atoms with Gasteiger partial charge in [-0.3, -0.25) is 14.9 Å². The molecule has 0 saturated heterocycles. The summed E-state index contributed by atoms with van der Waals surface area (Å²) < 4.78 is 5.37. The maximum absolute atomic E-state index is 11.5. The van der Waals surface area contributed by atoms with Crippen molar-refractivity contribution in [3.63, 3.8) is 0 Å². The van der Waals surface area contributed by atoms with Gasteiger partial charge in [0.25, 0.3) is 5.69 Å². The predicted octanol–water partition coefficient (Wildman–Crippen LogP) is 3.59. The number of rotatable bonds is 4. The molecule has 22 heavy (non-hydrogen) atoms. The zero-order valence-electron chi connectivity index (χ0n) is 11.4. The highest BCUT2D eigenvalue weighted by molar-refractivity contribution is 5.97. The molecule has 1 aromatic rings. The van der Waals surface area contributed by atoms with Crippen LogP contribution in [0.1, 0.15) is 5.56 Å². The lowest BCUT2D eigenvalue weighted by molar-refractivity contribution is -0.384. The van der Waals surface area contributed by atoms with Crippen LogP contribution in [-0.2, 0) is 11.2 Å². The summed E-state index contributed by atoms with van der Waals surface area (Å²) in [6.07, 6.45) is 0.916. The van der Waals surface area contributed by atoms with Crippen LogP contribution in [0.25, 0.3) is 22.5 Å². The van der Waals surface area contributed by atoms with Crippen molar-refractivity contribution < 1.29 is 19.2 Å². The molecule has 110 valence electrons. The summed E-state index contributed by atoms with van der Waals surface area (Å²) in [5, 5.41) is 20.6. The first-order chi connectivity index (χ1) is 10.6. The van der Waals surface area contributed by atoms with Gasteiger partial charge in [-0.25, -0.2) is 0 Å². The Morgan fingerprint density at radius 3 is 2.55 bits per heavy atom. The predicted molar refractivity (Wildman–Crippen MR) is 78.8 cm³/mol. The summed E-state index contributed by atoms with van der Waals surface area (Å²) in [6.45, 7) is 0. The Kier molecular flexibility index (Phi) is 3.34. The third kappa shape index (κ3) is 2.20. The molecular formula is C16H11NO5. The van der Waals surface area contributed by atoms with Crippen LogP contribution >= 0.6 is 0 Å². The Morgan fingerprint density at radius 2 is 1.91 bits per heavy atom. The van der Waals surface area contributed by atoms with Gasteiger partial charge in [0.1, 0.15) is 5.76 Å². The SMILES string of the molecule is O=C(O)Cc1c2occcc-2c(-c2ccccc2)c1[N+](=O)[O-]. The van der Waals surface area contributed by atoms with E-state index in [1.54, 1.807) is 36.4 Å². The molecule has 0 unspecified atom stereocenters. The van der Waals surface area contributed by atoms with Crippen LogP contribution < -0.4 is 0 Å². The van der Waals surface area contributed by atoms with Gasteiger partial charge in [-0.05, 0) is 17.7 Å². The Morgan fingerprint density at radius 1 is 1.18 bits per heavy atom. The molecule has 1 heterocycles. The Labute approximate surface area is 125 Å². The molecule has 6 nitrogen and oxygen atoms in total. The molecule has 0 radical (unpaired) electrons. The standard InChI is InChI=1S/C16H11NO5/c18-13(19)9-12-15(17(20)21)14(10-5-2-1-3-6-10)11-7-4-8-22-16(11)12/h1-8H,9H2,(H,18,19). The molecule has 1 aliphatic carbocycles. The third-order valence-corrected chi connectivity index (χ3v) is 3.41. The van der Waals surface area contributed by atoms with Crippen LogP contribution in [0.2, 0.25) is 0 Å². The molecule has 0 fully saturated rings. The highest BCUT2D eigenvalue weighted by atomic mass is 16.6.